The van der Waals surface area contributed by atoms with Crippen LogP contribution in [0.1, 0.15) is 20.8 Å². The predicted octanol–water partition coefficient (Wildman–Crippen LogP) is 1.71. The molecule has 0 radical (unpaired) electrons. The number of hydrogen-bond donors (Lipinski definition) is 0. The van der Waals surface area contributed by atoms with Crippen molar-refractivity contribution >= 4 is 27.6 Å². The van der Waals surface area contributed by atoms with Crippen LogP contribution in [0.15, 0.2) is 17.2 Å². The summed E-state index contributed by atoms with van der Waals surface area (Å²) in [5.41, 5.74) is -0.619. The molecule has 0 saturated carbocycles. The fourth-order valence-electron chi connectivity index (χ4n) is 1.35. The van der Waals surface area contributed by atoms with Crippen molar-refractivity contribution in [3.05, 3.63) is 17.3 Å². The molecule has 0 unspecified atom stereocenters. The zero-order valence-electron chi connectivity index (χ0n) is 13.1. The maximum absolute atomic E-state index is 11.9. The third-order valence-corrected chi connectivity index (χ3v) is 4.29. The van der Waals surface area contributed by atoms with Crippen LogP contribution in [0.2, 0.25) is 5.15 Å². The standard InChI is InChI=1S/C13H19ClN2O5S/c1-13(2,3)21-11(17)8-20-9-6-7-10(15-12(9)14)22(18,19)16(4)5/h6-7H,8H2,1-5H3. The van der Waals surface area contributed by atoms with Crippen LogP contribution in [-0.4, -0.2) is 50.0 Å². The first-order chi connectivity index (χ1) is 9.93. The Morgan fingerprint density at radius 1 is 1.32 bits per heavy atom. The quantitative estimate of drug-likeness (QED) is 0.593. The molecule has 0 aliphatic heterocycles. The van der Waals surface area contributed by atoms with Crippen molar-refractivity contribution in [3.63, 3.8) is 0 Å². The topological polar surface area (TPSA) is 85.8 Å². The highest BCUT2D eigenvalue weighted by molar-refractivity contribution is 7.89. The number of rotatable bonds is 5. The Kier molecular flexibility index (Phi) is 5.77. The van der Waals surface area contributed by atoms with Crippen LogP contribution < -0.4 is 4.74 Å². The Hall–Kier alpha value is -1.38. The lowest BCUT2D eigenvalue weighted by Gasteiger charge is -2.19. The molecule has 0 spiro atoms. The van der Waals surface area contributed by atoms with Gasteiger partial charge in [0.15, 0.2) is 22.5 Å². The molecule has 0 saturated heterocycles. The number of carbonyl (C=O) groups excluding carboxylic acids is 1. The highest BCUT2D eigenvalue weighted by Crippen LogP contribution is 2.24. The van der Waals surface area contributed by atoms with Gasteiger partial charge in [-0.25, -0.2) is 22.5 Å². The van der Waals surface area contributed by atoms with Crippen molar-refractivity contribution in [1.82, 2.24) is 9.29 Å². The van der Waals surface area contributed by atoms with Gasteiger partial charge in [0.05, 0.1) is 0 Å². The molecule has 22 heavy (non-hydrogen) atoms. The zero-order chi connectivity index (χ0) is 17.1. The van der Waals surface area contributed by atoms with Gasteiger partial charge in [-0.3, -0.25) is 0 Å². The Labute approximate surface area is 135 Å². The Morgan fingerprint density at radius 2 is 1.91 bits per heavy atom. The van der Waals surface area contributed by atoms with E-state index in [1.807, 2.05) is 0 Å². The SMILES string of the molecule is CN(C)S(=O)(=O)c1ccc(OCC(=O)OC(C)(C)C)c(Cl)n1. The van der Waals surface area contributed by atoms with Crippen molar-refractivity contribution in [2.24, 2.45) is 0 Å². The molecule has 1 rings (SSSR count). The van der Waals surface area contributed by atoms with Crippen LogP contribution >= 0.6 is 11.6 Å². The summed E-state index contributed by atoms with van der Waals surface area (Å²) in [5, 5.41) is -0.349. The lowest BCUT2D eigenvalue weighted by molar-refractivity contribution is -0.157. The highest BCUT2D eigenvalue weighted by atomic mass is 35.5. The monoisotopic (exact) mass is 350 g/mol. The van der Waals surface area contributed by atoms with Crippen molar-refractivity contribution in [3.8, 4) is 5.75 Å². The molecule has 7 nitrogen and oxygen atoms in total. The second kappa shape index (κ2) is 6.80. The zero-order valence-corrected chi connectivity index (χ0v) is 14.7. The number of pyridine rings is 1. The number of sulfonamides is 1. The van der Waals surface area contributed by atoms with E-state index in [1.165, 1.54) is 26.2 Å². The fraction of sp³-hybridized carbons (Fsp3) is 0.538. The van der Waals surface area contributed by atoms with Crippen LogP contribution in [0.25, 0.3) is 0 Å². The third kappa shape index (κ3) is 5.11. The molecule has 124 valence electrons. The second-order valence-corrected chi connectivity index (χ2v) is 8.06. The van der Waals surface area contributed by atoms with E-state index in [4.69, 9.17) is 21.1 Å². The summed E-state index contributed by atoms with van der Waals surface area (Å²) < 4.78 is 35.1. The lowest BCUT2D eigenvalue weighted by Crippen LogP contribution is -2.27. The minimum Gasteiger partial charge on any atom is -0.479 e. The molecule has 0 N–H and O–H groups in total. The second-order valence-electron chi connectivity index (χ2n) is 5.60. The van der Waals surface area contributed by atoms with E-state index in [0.717, 1.165) is 4.31 Å². The van der Waals surface area contributed by atoms with Crippen LogP contribution in [0.4, 0.5) is 0 Å². The summed E-state index contributed by atoms with van der Waals surface area (Å²) in [6.45, 7) is 4.86. The van der Waals surface area contributed by atoms with Crippen LogP contribution in [0.3, 0.4) is 0 Å². The molecule has 1 heterocycles. The molecular weight excluding hydrogens is 332 g/mol. The molecular formula is C13H19ClN2O5S. The van der Waals surface area contributed by atoms with Gasteiger partial charge in [0.2, 0.25) is 0 Å². The van der Waals surface area contributed by atoms with E-state index in [1.54, 1.807) is 20.8 Å². The first-order valence-electron chi connectivity index (χ1n) is 6.37. The maximum atomic E-state index is 11.9. The molecule has 0 bridgehead atoms. The first-order valence-corrected chi connectivity index (χ1v) is 8.19. The molecule has 1 aromatic heterocycles. The van der Waals surface area contributed by atoms with Crippen molar-refractivity contribution in [2.75, 3.05) is 20.7 Å². The average Bonchev–Trinajstić information content (AvgIpc) is 2.34. The molecule has 0 atom stereocenters. The summed E-state index contributed by atoms with van der Waals surface area (Å²) in [7, 11) is -0.907. The van der Waals surface area contributed by atoms with Gasteiger partial charge < -0.3 is 9.47 Å². The normalized spacial score (nSPS) is 12.3. The van der Waals surface area contributed by atoms with Crippen molar-refractivity contribution in [2.45, 2.75) is 31.4 Å². The molecule has 1 aromatic rings. The van der Waals surface area contributed by atoms with Gasteiger partial charge in [-0.2, -0.15) is 0 Å². The molecule has 9 heteroatoms. The van der Waals surface area contributed by atoms with E-state index in [9.17, 15) is 13.2 Å². The number of nitrogens with zero attached hydrogens (tertiary/aromatic N) is 2. The molecule has 0 amide bonds. The molecule has 0 aliphatic carbocycles. The van der Waals surface area contributed by atoms with Gasteiger partial charge >= 0.3 is 5.97 Å². The van der Waals surface area contributed by atoms with Crippen LogP contribution in [-0.2, 0) is 19.6 Å². The number of hydrogen-bond acceptors (Lipinski definition) is 6. The maximum Gasteiger partial charge on any atom is 0.344 e. The van der Waals surface area contributed by atoms with Gasteiger partial charge in [0.25, 0.3) is 10.0 Å². The lowest BCUT2D eigenvalue weighted by atomic mass is 10.2. The number of ether oxygens (including phenoxy) is 2. The summed E-state index contributed by atoms with van der Waals surface area (Å²) in [4.78, 5) is 15.3. The predicted molar refractivity (Wildman–Crippen MR) is 81.5 cm³/mol. The van der Waals surface area contributed by atoms with Gasteiger partial charge in [-0.15, -0.1) is 0 Å². The van der Waals surface area contributed by atoms with Crippen LogP contribution in [0, 0.1) is 0 Å². The van der Waals surface area contributed by atoms with Gasteiger partial charge in [-0.1, -0.05) is 11.6 Å². The number of esters is 1. The first kappa shape index (κ1) is 18.7. The molecule has 0 aliphatic rings. The van der Waals surface area contributed by atoms with Gasteiger partial charge in [-0.05, 0) is 32.9 Å². The van der Waals surface area contributed by atoms with E-state index in [2.05, 4.69) is 4.98 Å². The Morgan fingerprint density at radius 3 is 2.36 bits per heavy atom. The summed E-state index contributed by atoms with van der Waals surface area (Å²) in [6, 6.07) is 2.60. The number of aromatic nitrogens is 1. The van der Waals surface area contributed by atoms with E-state index in [0.29, 0.717) is 0 Å². The fourth-order valence-corrected chi connectivity index (χ4v) is 2.43. The van der Waals surface area contributed by atoms with E-state index in [-0.39, 0.29) is 22.5 Å². The summed E-state index contributed by atoms with van der Waals surface area (Å²) >= 11 is 5.89. The van der Waals surface area contributed by atoms with Gasteiger partial charge in [0, 0.05) is 14.1 Å². The van der Waals surface area contributed by atoms with E-state index < -0.39 is 21.6 Å². The largest absolute Gasteiger partial charge is 0.479 e. The third-order valence-electron chi connectivity index (χ3n) is 2.30. The van der Waals surface area contributed by atoms with Crippen molar-refractivity contribution < 1.29 is 22.7 Å². The number of halogens is 1. The summed E-state index contributed by atoms with van der Waals surface area (Å²) in [6.07, 6.45) is 0. The smallest absolute Gasteiger partial charge is 0.344 e. The van der Waals surface area contributed by atoms with E-state index >= 15 is 0 Å². The molecule has 0 fully saturated rings. The van der Waals surface area contributed by atoms with Crippen molar-refractivity contribution in [1.29, 1.82) is 0 Å². The minimum atomic E-state index is -3.68. The number of carbonyl (C=O) groups is 1. The highest BCUT2D eigenvalue weighted by Gasteiger charge is 2.21. The molecule has 0 aromatic carbocycles. The van der Waals surface area contributed by atoms with Crippen LogP contribution in [0.5, 0.6) is 5.75 Å². The summed E-state index contributed by atoms with van der Waals surface area (Å²) in [5.74, 6) is -0.459. The average molecular weight is 351 g/mol. The Balaban J connectivity index is 2.82. The Bertz CT molecular complexity index is 653. The van der Waals surface area contributed by atoms with Gasteiger partial charge in [0.1, 0.15) is 5.60 Å². The minimum absolute atomic E-state index is 0.102.